The summed E-state index contributed by atoms with van der Waals surface area (Å²) in [5.74, 6) is 0.183. The molecule has 1 aliphatic carbocycles. The Morgan fingerprint density at radius 2 is 1.29 bits per heavy atom. The third-order valence-electron chi connectivity index (χ3n) is 7.38. The van der Waals surface area contributed by atoms with Gasteiger partial charge in [-0.2, -0.15) is 0 Å². The van der Waals surface area contributed by atoms with Crippen LogP contribution in [0.15, 0.2) is 103 Å². The molecule has 192 valence electrons. The van der Waals surface area contributed by atoms with E-state index >= 15 is 0 Å². The zero-order valence-electron chi connectivity index (χ0n) is 21.1. The number of carbonyl (C=O) groups excluding carboxylic acids is 1. The Hall–Kier alpha value is -4.09. The molecule has 3 N–H and O–H groups in total. The Kier molecular flexibility index (Phi) is 7.75. The van der Waals surface area contributed by atoms with E-state index in [0.717, 1.165) is 57.3 Å². The number of nitrogens with one attached hydrogen (secondary N) is 3. The minimum Gasteiger partial charge on any atom is -0.354 e. The second-order valence-electron chi connectivity index (χ2n) is 9.77. The number of hydrazine groups is 1. The van der Waals surface area contributed by atoms with Crippen LogP contribution in [-0.4, -0.2) is 10.9 Å². The molecule has 0 aliphatic heterocycles. The predicted molar refractivity (Wildman–Crippen MR) is 159 cm³/mol. The average Bonchev–Trinajstić information content (AvgIpc) is 3.48. The standard InChI is InChI=1S/C32H30N4O.ClH/c37-32(36-35-25-12-2-1-3-13-25)30(22-10-4-5-11-22)23-18-20-24(21-19-23)33-31-26-14-6-8-16-28(26)34-29-17-9-7-15-27(29)31;/h1-3,6-9,12-22,30,35H,4-5,10-11H2,(H,33,34)(H,36,37);1H. The molecule has 1 aromatic heterocycles. The Morgan fingerprint density at radius 3 is 1.92 bits per heavy atom. The number of pyridine rings is 1. The molecule has 1 amide bonds. The largest absolute Gasteiger partial charge is 0.354 e. The molecule has 0 bridgehead atoms. The van der Waals surface area contributed by atoms with Gasteiger partial charge in [-0.25, -0.2) is 4.98 Å². The molecule has 0 saturated heterocycles. The number of halogens is 1. The topological polar surface area (TPSA) is 66.1 Å². The average molecular weight is 523 g/mol. The highest BCUT2D eigenvalue weighted by Crippen LogP contribution is 2.39. The lowest BCUT2D eigenvalue weighted by atomic mass is 9.84. The van der Waals surface area contributed by atoms with E-state index in [0.29, 0.717) is 5.92 Å². The van der Waals surface area contributed by atoms with Crippen LogP contribution in [0.2, 0.25) is 0 Å². The van der Waals surface area contributed by atoms with Gasteiger partial charge in [0.05, 0.1) is 28.3 Å². The molecular weight excluding hydrogens is 492 g/mol. The Balaban J connectivity index is 0.00000294. The molecule has 4 aromatic carbocycles. The van der Waals surface area contributed by atoms with E-state index < -0.39 is 0 Å². The molecule has 0 spiro atoms. The molecule has 1 saturated carbocycles. The summed E-state index contributed by atoms with van der Waals surface area (Å²) in [7, 11) is 0. The van der Waals surface area contributed by atoms with Gasteiger partial charge >= 0.3 is 0 Å². The van der Waals surface area contributed by atoms with E-state index in [1.807, 2.05) is 66.7 Å². The van der Waals surface area contributed by atoms with Gasteiger partial charge in [-0.05, 0) is 60.7 Å². The molecule has 5 aromatic rings. The molecule has 1 fully saturated rings. The second kappa shape index (κ2) is 11.5. The predicted octanol–water partition coefficient (Wildman–Crippen LogP) is 7.97. The highest BCUT2D eigenvalue weighted by molar-refractivity contribution is 6.08. The van der Waals surface area contributed by atoms with Crippen molar-refractivity contribution in [1.82, 2.24) is 10.4 Å². The van der Waals surface area contributed by atoms with Gasteiger partial charge in [0.1, 0.15) is 0 Å². The van der Waals surface area contributed by atoms with Gasteiger partial charge < -0.3 is 5.32 Å². The number of para-hydroxylation sites is 3. The highest BCUT2D eigenvalue weighted by atomic mass is 35.5. The molecule has 1 aliphatic rings. The van der Waals surface area contributed by atoms with E-state index in [1.165, 1.54) is 12.8 Å². The summed E-state index contributed by atoms with van der Waals surface area (Å²) in [5.41, 5.74) is 11.9. The SMILES string of the molecule is Cl.O=C(NNc1ccccc1)C(c1ccc(Nc2c3ccccc3nc3ccccc23)cc1)C1CCCC1. The molecule has 0 radical (unpaired) electrons. The second-order valence-corrected chi connectivity index (χ2v) is 9.77. The van der Waals surface area contributed by atoms with E-state index in [9.17, 15) is 4.79 Å². The summed E-state index contributed by atoms with van der Waals surface area (Å²) in [6.45, 7) is 0. The fraction of sp³-hybridized carbons (Fsp3) is 0.188. The number of hydrogen-bond donors (Lipinski definition) is 3. The summed E-state index contributed by atoms with van der Waals surface area (Å²) in [6, 6.07) is 34.5. The van der Waals surface area contributed by atoms with Crippen LogP contribution in [0.5, 0.6) is 0 Å². The number of nitrogens with zero attached hydrogens (tertiary/aromatic N) is 1. The van der Waals surface area contributed by atoms with Crippen molar-refractivity contribution >= 4 is 57.2 Å². The maximum Gasteiger partial charge on any atom is 0.246 e. The van der Waals surface area contributed by atoms with Crippen molar-refractivity contribution < 1.29 is 4.79 Å². The first-order valence-electron chi connectivity index (χ1n) is 13.0. The lowest BCUT2D eigenvalue weighted by molar-refractivity contribution is -0.123. The number of hydrogen-bond acceptors (Lipinski definition) is 4. The first-order valence-corrected chi connectivity index (χ1v) is 13.0. The van der Waals surface area contributed by atoms with Crippen LogP contribution < -0.4 is 16.2 Å². The molecule has 6 heteroatoms. The fourth-order valence-electron chi connectivity index (χ4n) is 5.55. The van der Waals surface area contributed by atoms with E-state index in [-0.39, 0.29) is 24.2 Å². The van der Waals surface area contributed by atoms with Crippen LogP contribution in [0.4, 0.5) is 17.1 Å². The van der Waals surface area contributed by atoms with Crippen LogP contribution in [0.1, 0.15) is 37.2 Å². The van der Waals surface area contributed by atoms with Gasteiger partial charge in [0.2, 0.25) is 5.91 Å². The fourth-order valence-corrected chi connectivity index (χ4v) is 5.55. The highest BCUT2D eigenvalue weighted by Gasteiger charge is 2.32. The van der Waals surface area contributed by atoms with E-state index in [1.54, 1.807) is 0 Å². The first kappa shape index (κ1) is 25.6. The zero-order chi connectivity index (χ0) is 25.0. The Labute approximate surface area is 229 Å². The molecule has 38 heavy (non-hydrogen) atoms. The van der Waals surface area contributed by atoms with Gasteiger partial charge in [0.25, 0.3) is 0 Å². The molecule has 1 atom stereocenters. The van der Waals surface area contributed by atoms with Gasteiger partial charge in [-0.3, -0.25) is 15.6 Å². The molecule has 5 nitrogen and oxygen atoms in total. The van der Waals surface area contributed by atoms with Gasteiger partial charge in [0.15, 0.2) is 0 Å². The lowest BCUT2D eigenvalue weighted by Gasteiger charge is -2.24. The number of amides is 1. The third-order valence-corrected chi connectivity index (χ3v) is 7.38. The number of fused-ring (bicyclic) bond motifs is 2. The van der Waals surface area contributed by atoms with E-state index in [4.69, 9.17) is 4.98 Å². The van der Waals surface area contributed by atoms with Crippen molar-refractivity contribution in [2.75, 3.05) is 10.7 Å². The maximum absolute atomic E-state index is 13.4. The van der Waals surface area contributed by atoms with Gasteiger partial charge in [-0.1, -0.05) is 79.6 Å². The van der Waals surface area contributed by atoms with Crippen molar-refractivity contribution in [2.45, 2.75) is 31.6 Å². The van der Waals surface area contributed by atoms with E-state index in [2.05, 4.69) is 52.6 Å². The van der Waals surface area contributed by atoms with Gasteiger partial charge in [0, 0.05) is 16.5 Å². The van der Waals surface area contributed by atoms with Crippen molar-refractivity contribution in [3.8, 4) is 0 Å². The number of anilines is 3. The first-order chi connectivity index (χ1) is 18.3. The zero-order valence-corrected chi connectivity index (χ0v) is 21.9. The van der Waals surface area contributed by atoms with Crippen LogP contribution in [0.3, 0.4) is 0 Å². The summed E-state index contributed by atoms with van der Waals surface area (Å²) in [5, 5.41) is 5.82. The summed E-state index contributed by atoms with van der Waals surface area (Å²) in [4.78, 5) is 18.2. The van der Waals surface area contributed by atoms with Crippen molar-refractivity contribution in [3.05, 3.63) is 109 Å². The van der Waals surface area contributed by atoms with Crippen LogP contribution >= 0.6 is 12.4 Å². The lowest BCUT2D eigenvalue weighted by Crippen LogP contribution is -2.36. The minimum absolute atomic E-state index is 0. The van der Waals surface area contributed by atoms with Crippen molar-refractivity contribution in [3.63, 3.8) is 0 Å². The van der Waals surface area contributed by atoms with Crippen LogP contribution in [0, 0.1) is 5.92 Å². The Bertz CT molecular complexity index is 1480. The number of benzene rings is 4. The van der Waals surface area contributed by atoms with Crippen molar-refractivity contribution in [2.24, 2.45) is 5.92 Å². The summed E-state index contributed by atoms with van der Waals surface area (Å²) >= 11 is 0. The van der Waals surface area contributed by atoms with Crippen LogP contribution in [-0.2, 0) is 4.79 Å². The Morgan fingerprint density at radius 1 is 0.711 bits per heavy atom. The minimum atomic E-state index is -0.185. The van der Waals surface area contributed by atoms with Crippen molar-refractivity contribution in [1.29, 1.82) is 0 Å². The normalized spacial score (nSPS) is 14.1. The monoisotopic (exact) mass is 522 g/mol. The molecule has 1 heterocycles. The number of rotatable bonds is 7. The summed E-state index contributed by atoms with van der Waals surface area (Å²) < 4.78 is 0. The van der Waals surface area contributed by atoms with Crippen LogP contribution in [0.25, 0.3) is 21.8 Å². The third kappa shape index (κ3) is 5.29. The molecule has 1 unspecified atom stereocenters. The molecular formula is C32H31ClN4O. The number of carbonyl (C=O) groups is 1. The summed E-state index contributed by atoms with van der Waals surface area (Å²) in [6.07, 6.45) is 4.53. The van der Waals surface area contributed by atoms with Gasteiger partial charge in [-0.15, -0.1) is 12.4 Å². The smallest absolute Gasteiger partial charge is 0.246 e. The quantitative estimate of drug-likeness (QED) is 0.150. The maximum atomic E-state index is 13.4. The molecule has 6 rings (SSSR count). The number of aromatic nitrogens is 1.